The average Bonchev–Trinajstić information content (AvgIpc) is 3.70. The summed E-state index contributed by atoms with van der Waals surface area (Å²) in [6.07, 6.45) is 0. The normalized spacial score (nSPS) is 11.1. The van der Waals surface area contributed by atoms with Crippen molar-refractivity contribution in [2.45, 2.75) is 0 Å². The molecule has 0 unspecified atom stereocenters. The first-order valence-electron chi connectivity index (χ1n) is 16.2. The Labute approximate surface area is 288 Å². The van der Waals surface area contributed by atoms with Crippen molar-refractivity contribution < 1.29 is 0 Å². The maximum absolute atomic E-state index is 9.63. The van der Waals surface area contributed by atoms with Crippen molar-refractivity contribution in [2.24, 2.45) is 0 Å². The number of nitrogens with zero attached hydrogens (tertiary/aromatic N) is 5. The first-order valence-corrected chi connectivity index (χ1v) is 16.2. The van der Waals surface area contributed by atoms with Gasteiger partial charge in [-0.1, -0.05) is 91.0 Å². The van der Waals surface area contributed by atoms with E-state index in [0.717, 1.165) is 77.2 Å². The number of benzene rings is 7. The minimum atomic E-state index is 0.540. The van der Waals surface area contributed by atoms with Gasteiger partial charge >= 0.3 is 0 Å². The van der Waals surface area contributed by atoms with E-state index in [1.165, 1.54) is 0 Å². The molecular formula is C45H25N5. The van der Waals surface area contributed by atoms with Crippen LogP contribution in [0.4, 0.5) is 11.4 Å². The zero-order valence-corrected chi connectivity index (χ0v) is 26.7. The van der Waals surface area contributed by atoms with Gasteiger partial charge in [0.05, 0.1) is 46.8 Å². The molecule has 0 saturated heterocycles. The van der Waals surface area contributed by atoms with Crippen LogP contribution in [0.1, 0.15) is 5.56 Å². The number of fused-ring (bicyclic) bond motifs is 6. The Kier molecular flexibility index (Phi) is 6.56. The second-order valence-corrected chi connectivity index (χ2v) is 12.3. The van der Waals surface area contributed by atoms with Crippen LogP contribution in [-0.4, -0.2) is 9.13 Å². The summed E-state index contributed by atoms with van der Waals surface area (Å²) in [6, 6.07) is 53.3. The largest absolute Gasteiger partial charge is 0.310 e. The Morgan fingerprint density at radius 2 is 1.04 bits per heavy atom. The lowest BCUT2D eigenvalue weighted by molar-refractivity contribution is 1.18. The summed E-state index contributed by atoms with van der Waals surface area (Å²) < 4.78 is 4.49. The van der Waals surface area contributed by atoms with Crippen LogP contribution in [-0.2, 0) is 0 Å². The highest BCUT2D eigenvalue weighted by Crippen LogP contribution is 2.43. The van der Waals surface area contributed by atoms with Crippen LogP contribution in [0.15, 0.2) is 152 Å². The first kappa shape index (κ1) is 28.8. The van der Waals surface area contributed by atoms with E-state index in [2.05, 4.69) is 97.7 Å². The fraction of sp³-hybridized carbons (Fsp3) is 0. The number of hydrogen-bond acceptors (Lipinski definition) is 1. The number of hydrogen-bond donors (Lipinski definition) is 0. The van der Waals surface area contributed by atoms with Crippen molar-refractivity contribution in [3.05, 3.63) is 180 Å². The SMILES string of the molecule is [C-]#[N+]c1ccc(-c2cccc(-n3c4ccccc4c4cc(C#N)ccc43)c2)c(-c2ccc([N+]#[C-])cc2-n2c3ccccc3c3ccccc32)c1. The van der Waals surface area contributed by atoms with Crippen molar-refractivity contribution >= 4 is 55.0 Å². The molecule has 0 aliphatic heterocycles. The first-order chi connectivity index (χ1) is 24.7. The molecule has 0 amide bonds. The maximum Gasteiger partial charge on any atom is 0.189 e. The predicted molar refractivity (Wildman–Crippen MR) is 203 cm³/mol. The highest BCUT2D eigenvalue weighted by Gasteiger charge is 2.20. The summed E-state index contributed by atoms with van der Waals surface area (Å²) in [5.41, 5.74) is 11.6. The quantitative estimate of drug-likeness (QED) is 0.177. The van der Waals surface area contributed by atoms with E-state index < -0.39 is 0 Å². The fourth-order valence-corrected chi connectivity index (χ4v) is 7.39. The molecule has 2 aromatic heterocycles. The van der Waals surface area contributed by atoms with Crippen LogP contribution < -0.4 is 0 Å². The van der Waals surface area contributed by atoms with E-state index >= 15 is 0 Å². The number of aromatic nitrogens is 2. The predicted octanol–water partition coefficient (Wildman–Crippen LogP) is 12.2. The fourth-order valence-electron chi connectivity index (χ4n) is 7.39. The van der Waals surface area contributed by atoms with Gasteiger partial charge in [0.15, 0.2) is 11.4 Å². The zero-order chi connectivity index (χ0) is 33.8. The van der Waals surface area contributed by atoms with Gasteiger partial charge < -0.3 is 9.13 Å². The molecule has 0 bridgehead atoms. The highest BCUT2D eigenvalue weighted by molar-refractivity contribution is 6.11. The van der Waals surface area contributed by atoms with E-state index in [4.69, 9.17) is 13.1 Å². The third-order valence-corrected chi connectivity index (χ3v) is 9.57. The van der Waals surface area contributed by atoms with Gasteiger partial charge in [-0.2, -0.15) is 5.26 Å². The van der Waals surface area contributed by atoms with Crippen LogP contribution in [0.2, 0.25) is 0 Å². The van der Waals surface area contributed by atoms with Gasteiger partial charge in [-0.25, -0.2) is 9.69 Å². The average molecular weight is 636 g/mol. The molecule has 9 aromatic rings. The van der Waals surface area contributed by atoms with Gasteiger partial charge in [0.25, 0.3) is 0 Å². The molecule has 0 atom stereocenters. The van der Waals surface area contributed by atoms with Gasteiger partial charge in [0, 0.05) is 38.5 Å². The summed E-state index contributed by atoms with van der Waals surface area (Å²) in [4.78, 5) is 7.64. The number of nitriles is 1. The molecule has 9 rings (SSSR count). The summed E-state index contributed by atoms with van der Waals surface area (Å²) in [7, 11) is 0. The standard InChI is InChI=1S/C45H25N5/c1-47-31-19-21-34(30-10-9-11-33(25-30)49-41-15-6-5-14-37(41)40-24-29(28-46)18-23-44(40)49)39(26-31)38-22-20-32(48-2)27-45(38)50-42-16-7-3-12-35(42)36-13-4-8-17-43(36)50/h3-27H. The molecular weight excluding hydrogens is 611 g/mol. The van der Waals surface area contributed by atoms with Crippen molar-refractivity contribution in [3.63, 3.8) is 0 Å². The van der Waals surface area contributed by atoms with Crippen molar-refractivity contribution in [1.29, 1.82) is 5.26 Å². The smallest absolute Gasteiger partial charge is 0.189 e. The summed E-state index contributed by atoms with van der Waals surface area (Å²) in [6.45, 7) is 15.8. The maximum atomic E-state index is 9.63. The van der Waals surface area contributed by atoms with Crippen molar-refractivity contribution in [2.75, 3.05) is 0 Å². The Bertz CT molecular complexity index is 2920. The van der Waals surface area contributed by atoms with Crippen LogP contribution in [0.3, 0.4) is 0 Å². The second-order valence-electron chi connectivity index (χ2n) is 12.3. The summed E-state index contributed by atoms with van der Waals surface area (Å²) >= 11 is 0. The Balaban J connectivity index is 1.30. The van der Waals surface area contributed by atoms with Gasteiger partial charge in [-0.3, -0.25) is 0 Å². The molecule has 7 aromatic carbocycles. The third-order valence-electron chi connectivity index (χ3n) is 9.57. The molecule has 2 heterocycles. The van der Waals surface area contributed by atoms with Gasteiger partial charge in [0.2, 0.25) is 0 Å². The summed E-state index contributed by atoms with van der Waals surface area (Å²) in [5.74, 6) is 0. The molecule has 230 valence electrons. The van der Waals surface area contributed by atoms with E-state index in [1.54, 1.807) is 0 Å². The van der Waals surface area contributed by atoms with E-state index in [0.29, 0.717) is 16.9 Å². The van der Waals surface area contributed by atoms with Crippen LogP contribution in [0.25, 0.3) is 86.9 Å². The van der Waals surface area contributed by atoms with E-state index in [1.807, 2.05) is 78.9 Å². The summed E-state index contributed by atoms with van der Waals surface area (Å²) in [5, 5.41) is 14.0. The van der Waals surface area contributed by atoms with Crippen LogP contribution in [0, 0.1) is 24.5 Å². The van der Waals surface area contributed by atoms with Crippen molar-refractivity contribution in [1.82, 2.24) is 9.13 Å². The number of rotatable bonds is 4. The molecule has 0 aliphatic carbocycles. The third kappa shape index (κ3) is 4.38. The Morgan fingerprint density at radius 3 is 1.70 bits per heavy atom. The van der Waals surface area contributed by atoms with E-state index in [9.17, 15) is 5.26 Å². The van der Waals surface area contributed by atoms with Crippen LogP contribution in [0.5, 0.6) is 0 Å². The molecule has 0 radical (unpaired) electrons. The second kappa shape index (κ2) is 11.4. The molecule has 0 fully saturated rings. The monoisotopic (exact) mass is 635 g/mol. The molecule has 5 nitrogen and oxygen atoms in total. The topological polar surface area (TPSA) is 42.4 Å². The minimum absolute atomic E-state index is 0.540. The molecule has 0 saturated carbocycles. The van der Waals surface area contributed by atoms with E-state index in [-0.39, 0.29) is 0 Å². The molecule has 0 aliphatic rings. The molecule has 0 spiro atoms. The van der Waals surface area contributed by atoms with Gasteiger partial charge in [-0.15, -0.1) is 0 Å². The van der Waals surface area contributed by atoms with Crippen molar-refractivity contribution in [3.8, 4) is 39.7 Å². The highest BCUT2D eigenvalue weighted by atomic mass is 15.0. The molecule has 5 heteroatoms. The van der Waals surface area contributed by atoms with Crippen LogP contribution >= 0.6 is 0 Å². The zero-order valence-electron chi connectivity index (χ0n) is 26.7. The lowest BCUT2D eigenvalue weighted by Gasteiger charge is -2.19. The lowest BCUT2D eigenvalue weighted by atomic mass is 9.92. The Morgan fingerprint density at radius 1 is 0.460 bits per heavy atom. The number of para-hydroxylation sites is 3. The van der Waals surface area contributed by atoms with Gasteiger partial charge in [0.1, 0.15) is 0 Å². The molecule has 50 heavy (non-hydrogen) atoms. The Hall–Kier alpha value is -7.39. The molecule has 0 N–H and O–H groups in total. The van der Waals surface area contributed by atoms with Gasteiger partial charge in [-0.05, 0) is 77.4 Å². The lowest BCUT2D eigenvalue weighted by Crippen LogP contribution is -1.98. The minimum Gasteiger partial charge on any atom is -0.310 e.